The van der Waals surface area contributed by atoms with E-state index in [9.17, 15) is 9.59 Å². The zero-order valence-corrected chi connectivity index (χ0v) is 8.67. The second-order valence-corrected chi connectivity index (χ2v) is 3.57. The molecule has 0 bridgehead atoms. The molecule has 0 aliphatic carbocycles. The zero-order chi connectivity index (χ0) is 10.6. The van der Waals surface area contributed by atoms with Gasteiger partial charge in [-0.15, -0.1) is 0 Å². The summed E-state index contributed by atoms with van der Waals surface area (Å²) in [4.78, 5) is 26.5. The largest absolute Gasteiger partial charge is 0.314 e. The van der Waals surface area contributed by atoms with Crippen molar-refractivity contribution >= 4 is 17.6 Å². The summed E-state index contributed by atoms with van der Waals surface area (Å²) < 4.78 is 0. The van der Waals surface area contributed by atoms with E-state index in [0.29, 0.717) is 12.3 Å². The smallest absolute Gasteiger partial charge is 0.259 e. The number of hydrogen-bond acceptors (Lipinski definition) is 2. The molecule has 1 aliphatic rings. The van der Waals surface area contributed by atoms with Crippen LogP contribution >= 0.6 is 0 Å². The van der Waals surface area contributed by atoms with Gasteiger partial charge in [0.15, 0.2) is 0 Å². The van der Waals surface area contributed by atoms with Gasteiger partial charge in [-0.05, 0) is 13.3 Å². The third-order valence-corrected chi connectivity index (χ3v) is 2.29. The summed E-state index contributed by atoms with van der Waals surface area (Å²) in [5.74, 6) is -0.627. The van der Waals surface area contributed by atoms with Crippen LogP contribution in [0, 0.1) is 5.92 Å². The number of nitrogens with zero attached hydrogens (tertiary/aromatic N) is 1. The Balaban J connectivity index is 2.52. The Morgan fingerprint density at radius 1 is 1.36 bits per heavy atom. The summed E-state index contributed by atoms with van der Waals surface area (Å²) in [6.45, 7) is 3.71. The van der Waals surface area contributed by atoms with Crippen molar-refractivity contribution in [2.75, 3.05) is 0 Å². The number of aliphatic imine (C=N–C) groups is 1. The van der Waals surface area contributed by atoms with E-state index in [4.69, 9.17) is 0 Å². The molecule has 1 heterocycles. The molecule has 1 unspecified atom stereocenters. The average Bonchev–Trinajstić information content (AvgIpc) is 2.09. The SMILES string of the molecule is CCCCCC1C(=O)N=C(C)NC1=O. The highest BCUT2D eigenvalue weighted by Crippen LogP contribution is 2.14. The lowest BCUT2D eigenvalue weighted by Gasteiger charge is -2.17. The maximum atomic E-state index is 11.4. The van der Waals surface area contributed by atoms with Crippen LogP contribution < -0.4 is 5.32 Å². The van der Waals surface area contributed by atoms with Gasteiger partial charge in [-0.2, -0.15) is 4.99 Å². The highest BCUT2D eigenvalue weighted by Gasteiger charge is 2.29. The van der Waals surface area contributed by atoms with Crippen LogP contribution in [0.15, 0.2) is 4.99 Å². The molecular formula is C10H16N2O2. The van der Waals surface area contributed by atoms with E-state index in [2.05, 4.69) is 17.2 Å². The molecule has 1 N–H and O–H groups in total. The van der Waals surface area contributed by atoms with Gasteiger partial charge in [-0.25, -0.2) is 0 Å². The monoisotopic (exact) mass is 196 g/mol. The first-order valence-corrected chi connectivity index (χ1v) is 5.05. The Hall–Kier alpha value is -1.19. The molecule has 0 spiro atoms. The lowest BCUT2D eigenvalue weighted by atomic mass is 9.98. The van der Waals surface area contributed by atoms with Gasteiger partial charge in [-0.1, -0.05) is 26.2 Å². The van der Waals surface area contributed by atoms with Crippen LogP contribution in [0.2, 0.25) is 0 Å². The molecule has 1 rings (SSSR count). The maximum Gasteiger partial charge on any atom is 0.259 e. The second-order valence-electron chi connectivity index (χ2n) is 3.57. The third kappa shape index (κ3) is 2.65. The number of rotatable bonds is 4. The van der Waals surface area contributed by atoms with Crippen molar-refractivity contribution in [3.8, 4) is 0 Å². The van der Waals surface area contributed by atoms with Crippen LogP contribution in [0.25, 0.3) is 0 Å². The normalized spacial score (nSPS) is 21.9. The standard InChI is InChI=1S/C10H16N2O2/c1-3-4-5-6-8-9(13)11-7(2)12-10(8)14/h8H,3-6H2,1-2H3,(H,11,12,13,14). The summed E-state index contributed by atoms with van der Waals surface area (Å²) >= 11 is 0. The number of nitrogens with one attached hydrogen (secondary N) is 1. The third-order valence-electron chi connectivity index (χ3n) is 2.29. The molecule has 2 amide bonds. The van der Waals surface area contributed by atoms with Gasteiger partial charge < -0.3 is 5.32 Å². The fourth-order valence-electron chi connectivity index (χ4n) is 1.50. The summed E-state index contributed by atoms with van der Waals surface area (Å²) in [7, 11) is 0. The summed E-state index contributed by atoms with van der Waals surface area (Å²) in [5.41, 5.74) is 0. The van der Waals surface area contributed by atoms with E-state index < -0.39 is 5.92 Å². The van der Waals surface area contributed by atoms with Gasteiger partial charge in [0, 0.05) is 0 Å². The molecule has 0 aromatic rings. The lowest BCUT2D eigenvalue weighted by Crippen LogP contribution is -2.42. The first-order valence-electron chi connectivity index (χ1n) is 5.05. The Kier molecular flexibility index (Phi) is 3.80. The zero-order valence-electron chi connectivity index (χ0n) is 8.67. The topological polar surface area (TPSA) is 58.5 Å². The molecule has 78 valence electrons. The molecule has 0 saturated carbocycles. The molecule has 4 heteroatoms. The summed E-state index contributed by atoms with van der Waals surface area (Å²) in [6, 6.07) is 0. The van der Waals surface area contributed by atoms with Gasteiger partial charge in [0.25, 0.3) is 5.91 Å². The van der Waals surface area contributed by atoms with Crippen LogP contribution in [0.1, 0.15) is 39.5 Å². The fourth-order valence-corrected chi connectivity index (χ4v) is 1.50. The van der Waals surface area contributed by atoms with Crippen molar-refractivity contribution in [3.05, 3.63) is 0 Å². The van der Waals surface area contributed by atoms with Crippen molar-refractivity contribution in [1.82, 2.24) is 5.32 Å². The van der Waals surface area contributed by atoms with Crippen LogP contribution in [-0.2, 0) is 9.59 Å². The van der Waals surface area contributed by atoms with Crippen LogP contribution in [0.4, 0.5) is 0 Å². The van der Waals surface area contributed by atoms with Crippen molar-refractivity contribution in [3.63, 3.8) is 0 Å². The molecular weight excluding hydrogens is 180 g/mol. The van der Waals surface area contributed by atoms with Crippen LogP contribution in [0.3, 0.4) is 0 Å². The predicted octanol–water partition coefficient (Wildman–Crippen LogP) is 1.26. The molecule has 0 saturated heterocycles. The molecule has 0 radical (unpaired) electrons. The minimum absolute atomic E-state index is 0.196. The quantitative estimate of drug-likeness (QED) is 0.543. The van der Waals surface area contributed by atoms with Crippen molar-refractivity contribution in [1.29, 1.82) is 0 Å². The number of carbonyl (C=O) groups excluding carboxylic acids is 2. The van der Waals surface area contributed by atoms with E-state index in [1.807, 2.05) is 0 Å². The van der Waals surface area contributed by atoms with Crippen LogP contribution in [0.5, 0.6) is 0 Å². The number of amides is 2. The number of hydrogen-bond donors (Lipinski definition) is 1. The Labute approximate surface area is 83.8 Å². The molecule has 1 aliphatic heterocycles. The second kappa shape index (κ2) is 4.88. The molecule has 14 heavy (non-hydrogen) atoms. The number of carbonyl (C=O) groups is 2. The highest BCUT2D eigenvalue weighted by atomic mass is 16.2. The molecule has 0 aromatic carbocycles. The van der Waals surface area contributed by atoms with Gasteiger partial charge >= 0.3 is 0 Å². The van der Waals surface area contributed by atoms with Gasteiger partial charge in [0.05, 0.1) is 0 Å². The fraction of sp³-hybridized carbons (Fsp3) is 0.700. The number of unbranched alkanes of at least 4 members (excludes halogenated alkanes) is 2. The van der Waals surface area contributed by atoms with E-state index in [1.54, 1.807) is 6.92 Å². The summed E-state index contributed by atoms with van der Waals surface area (Å²) in [6.07, 6.45) is 3.68. The lowest BCUT2D eigenvalue weighted by molar-refractivity contribution is -0.133. The van der Waals surface area contributed by atoms with E-state index in [1.165, 1.54) is 0 Å². The Morgan fingerprint density at radius 3 is 2.64 bits per heavy atom. The highest BCUT2D eigenvalue weighted by molar-refractivity contribution is 6.15. The Bertz CT molecular complexity index is 271. The van der Waals surface area contributed by atoms with Crippen molar-refractivity contribution in [2.24, 2.45) is 10.9 Å². The molecule has 4 nitrogen and oxygen atoms in total. The first kappa shape index (κ1) is 10.9. The minimum Gasteiger partial charge on any atom is -0.314 e. The van der Waals surface area contributed by atoms with Gasteiger partial charge in [0.2, 0.25) is 5.91 Å². The summed E-state index contributed by atoms with van der Waals surface area (Å²) in [5, 5.41) is 2.58. The average molecular weight is 196 g/mol. The van der Waals surface area contributed by atoms with Crippen LogP contribution in [-0.4, -0.2) is 17.6 Å². The molecule has 0 fully saturated rings. The first-order chi connectivity index (χ1) is 6.65. The van der Waals surface area contributed by atoms with Gasteiger partial charge in [-0.3, -0.25) is 9.59 Å². The van der Waals surface area contributed by atoms with E-state index >= 15 is 0 Å². The molecule has 1 atom stereocenters. The minimum atomic E-state index is -0.551. The van der Waals surface area contributed by atoms with E-state index in [-0.39, 0.29) is 11.8 Å². The Morgan fingerprint density at radius 2 is 2.07 bits per heavy atom. The van der Waals surface area contributed by atoms with Crippen molar-refractivity contribution < 1.29 is 9.59 Å². The predicted molar refractivity (Wildman–Crippen MR) is 53.9 cm³/mol. The number of amidine groups is 1. The maximum absolute atomic E-state index is 11.4. The van der Waals surface area contributed by atoms with E-state index in [0.717, 1.165) is 19.3 Å². The van der Waals surface area contributed by atoms with Gasteiger partial charge in [0.1, 0.15) is 11.8 Å². The van der Waals surface area contributed by atoms with Crippen molar-refractivity contribution in [2.45, 2.75) is 39.5 Å². The molecule has 0 aromatic heterocycles.